The molecule has 1 atom stereocenters. The molecule has 0 fully saturated rings. The first-order chi connectivity index (χ1) is 22.2. The molecule has 0 aliphatic carbocycles. The Morgan fingerprint density at radius 1 is 1.06 bits per heavy atom. The van der Waals surface area contributed by atoms with Gasteiger partial charge in [-0.15, -0.1) is 11.3 Å². The van der Waals surface area contributed by atoms with E-state index in [0.29, 0.717) is 22.8 Å². The van der Waals surface area contributed by atoms with Gasteiger partial charge in [0.25, 0.3) is 5.91 Å². The molecule has 250 valence electrons. The highest BCUT2D eigenvalue weighted by Gasteiger charge is 2.23. The molecule has 1 N–H and O–H groups in total. The van der Waals surface area contributed by atoms with Crippen LogP contribution >= 0.6 is 22.9 Å². The number of aryl methyl sites for hydroxylation is 1. The summed E-state index contributed by atoms with van der Waals surface area (Å²) in [6.45, 7) is 7.97. The topological polar surface area (TPSA) is 121 Å². The third kappa shape index (κ3) is 10.2. The molecule has 0 aliphatic rings. The number of sulfone groups is 1. The zero-order valence-electron chi connectivity index (χ0n) is 26.4. The molecule has 3 aromatic carbocycles. The van der Waals surface area contributed by atoms with E-state index in [2.05, 4.69) is 31.1 Å². The van der Waals surface area contributed by atoms with Crippen molar-refractivity contribution in [3.8, 4) is 11.5 Å². The fourth-order valence-electron chi connectivity index (χ4n) is 4.31. The molecule has 0 radical (unpaired) electrons. The summed E-state index contributed by atoms with van der Waals surface area (Å²) >= 11 is 7.37. The molecule has 4 rings (SSSR count). The second-order valence-electron chi connectivity index (χ2n) is 11.5. The highest BCUT2D eigenvalue weighted by Crippen LogP contribution is 2.30. The summed E-state index contributed by atoms with van der Waals surface area (Å²) in [5, 5.41) is 5.95. The minimum atomic E-state index is -3.55. The number of nitrogens with one attached hydrogen (secondary N) is 1. The summed E-state index contributed by atoms with van der Waals surface area (Å²) in [4.78, 5) is 30.1. The van der Waals surface area contributed by atoms with Gasteiger partial charge in [0.2, 0.25) is 0 Å². The highest BCUT2D eigenvalue weighted by atomic mass is 35.5. The molecular formula is C34H36ClFN2O7S2. The van der Waals surface area contributed by atoms with Crippen LogP contribution in [0.3, 0.4) is 0 Å². The smallest absolute Gasteiger partial charge is 0.381 e. The van der Waals surface area contributed by atoms with Gasteiger partial charge in [-0.1, -0.05) is 44.5 Å². The van der Waals surface area contributed by atoms with Crippen LogP contribution in [0.2, 0.25) is 5.02 Å². The van der Waals surface area contributed by atoms with E-state index in [4.69, 9.17) is 25.8 Å². The fourth-order valence-corrected chi connectivity index (χ4v) is 6.68. The Kier molecular flexibility index (Phi) is 12.0. The Balaban J connectivity index is 1.48. The number of nitrogens with zero attached hydrogens (tertiary/aromatic N) is 1. The second-order valence-corrected chi connectivity index (χ2v) is 15.0. The van der Waals surface area contributed by atoms with Crippen molar-refractivity contribution in [1.82, 2.24) is 4.98 Å². The average Bonchev–Trinajstić information content (AvgIpc) is 3.52. The van der Waals surface area contributed by atoms with Crippen molar-refractivity contribution in [2.75, 3.05) is 17.7 Å². The van der Waals surface area contributed by atoms with Gasteiger partial charge in [-0.3, -0.25) is 4.79 Å². The lowest BCUT2D eigenvalue weighted by atomic mass is 9.93. The van der Waals surface area contributed by atoms with Crippen LogP contribution in [0, 0.1) is 0 Å². The molecule has 1 heterocycles. The van der Waals surface area contributed by atoms with Gasteiger partial charge >= 0.3 is 12.3 Å². The standard InChI is InChI=1S/C34H36ClFN2O7S2/c1-5-43-33(40)31(36)45-28-16-11-22(8-7-17-47(41,42)26-14-12-24(35)13-15-26)18-27(28)37-32(39)23-9-6-10-25(19-23)44-20-30-38-29(21-46-30)34(2,3)4/h6,9-16,18-19,21,31H,5,7-8,17,20H2,1-4H3,(H,37,39). The van der Waals surface area contributed by atoms with Gasteiger partial charge in [0, 0.05) is 21.4 Å². The monoisotopic (exact) mass is 702 g/mol. The van der Waals surface area contributed by atoms with Crippen LogP contribution in [-0.2, 0) is 37.8 Å². The van der Waals surface area contributed by atoms with Crippen molar-refractivity contribution in [3.05, 3.63) is 99.0 Å². The van der Waals surface area contributed by atoms with Gasteiger partial charge in [-0.25, -0.2) is 18.2 Å². The van der Waals surface area contributed by atoms with Crippen molar-refractivity contribution in [3.63, 3.8) is 0 Å². The Morgan fingerprint density at radius 2 is 1.81 bits per heavy atom. The number of esters is 1. The van der Waals surface area contributed by atoms with Crippen molar-refractivity contribution < 1.29 is 36.6 Å². The first-order valence-electron chi connectivity index (χ1n) is 14.8. The number of alkyl halides is 1. The quantitative estimate of drug-likeness (QED) is 0.134. The molecule has 0 saturated carbocycles. The van der Waals surface area contributed by atoms with E-state index in [1.165, 1.54) is 48.6 Å². The van der Waals surface area contributed by atoms with Crippen LogP contribution in [-0.4, -0.2) is 44.0 Å². The number of carbonyl (C=O) groups excluding carboxylic acids is 2. The van der Waals surface area contributed by atoms with Crippen molar-refractivity contribution in [1.29, 1.82) is 0 Å². The first kappa shape index (κ1) is 35.8. The predicted molar refractivity (Wildman–Crippen MR) is 180 cm³/mol. The Morgan fingerprint density at radius 3 is 2.49 bits per heavy atom. The number of hydrogen-bond acceptors (Lipinski definition) is 9. The Hall–Kier alpha value is -4.00. The van der Waals surface area contributed by atoms with E-state index in [9.17, 15) is 22.4 Å². The van der Waals surface area contributed by atoms with E-state index in [-0.39, 0.29) is 52.7 Å². The number of carbonyl (C=O) groups is 2. The number of hydrogen-bond donors (Lipinski definition) is 1. The van der Waals surface area contributed by atoms with E-state index < -0.39 is 28.1 Å². The summed E-state index contributed by atoms with van der Waals surface area (Å²) in [5.41, 5.74) is 1.88. The van der Waals surface area contributed by atoms with Crippen molar-refractivity contribution in [2.24, 2.45) is 0 Å². The molecule has 0 bridgehead atoms. The lowest BCUT2D eigenvalue weighted by molar-refractivity contribution is -0.159. The van der Waals surface area contributed by atoms with Crippen molar-refractivity contribution >= 4 is 50.3 Å². The van der Waals surface area contributed by atoms with Crippen LogP contribution in [0.5, 0.6) is 11.5 Å². The molecule has 0 saturated heterocycles. The summed E-state index contributed by atoms with van der Waals surface area (Å²) < 4.78 is 55.9. The lowest BCUT2D eigenvalue weighted by Crippen LogP contribution is -2.25. The van der Waals surface area contributed by atoms with E-state index in [1.54, 1.807) is 36.4 Å². The molecule has 9 nitrogen and oxygen atoms in total. The minimum Gasteiger partial charge on any atom is -0.486 e. The number of benzene rings is 3. The third-order valence-corrected chi connectivity index (χ3v) is 9.72. The number of amides is 1. The van der Waals surface area contributed by atoms with E-state index in [0.717, 1.165) is 10.7 Å². The van der Waals surface area contributed by atoms with Gasteiger partial charge < -0.3 is 19.5 Å². The number of anilines is 1. The van der Waals surface area contributed by atoms with Crippen LogP contribution in [0.15, 0.2) is 77.0 Å². The molecule has 13 heteroatoms. The zero-order valence-corrected chi connectivity index (χ0v) is 28.8. The fraction of sp³-hybridized carbons (Fsp3) is 0.324. The van der Waals surface area contributed by atoms with Crippen LogP contribution < -0.4 is 14.8 Å². The molecule has 1 amide bonds. The number of aromatic nitrogens is 1. The van der Waals surface area contributed by atoms with Gasteiger partial charge in [-0.2, -0.15) is 4.39 Å². The summed E-state index contributed by atoms with van der Waals surface area (Å²) in [6, 6.07) is 17.0. The lowest BCUT2D eigenvalue weighted by Gasteiger charge is -2.16. The SMILES string of the molecule is CCOC(=O)C(F)Oc1ccc(CCCS(=O)(=O)c2ccc(Cl)cc2)cc1NC(=O)c1cccc(OCc2nc(C(C)(C)C)cs2)c1. The number of ether oxygens (including phenoxy) is 3. The maximum atomic E-state index is 14.6. The van der Waals surface area contributed by atoms with Crippen LogP contribution in [0.25, 0.3) is 0 Å². The molecule has 47 heavy (non-hydrogen) atoms. The molecular weight excluding hydrogens is 667 g/mol. The number of halogens is 2. The van der Waals surface area contributed by atoms with E-state index >= 15 is 0 Å². The van der Waals surface area contributed by atoms with Crippen LogP contribution in [0.4, 0.5) is 10.1 Å². The average molecular weight is 703 g/mol. The summed E-state index contributed by atoms with van der Waals surface area (Å²) in [5.74, 6) is -1.54. The van der Waals surface area contributed by atoms with E-state index in [1.807, 2.05) is 5.38 Å². The summed E-state index contributed by atoms with van der Waals surface area (Å²) in [7, 11) is -3.55. The number of rotatable bonds is 14. The maximum Gasteiger partial charge on any atom is 0.381 e. The molecule has 0 spiro atoms. The minimum absolute atomic E-state index is 0.0389. The van der Waals surface area contributed by atoms with Crippen molar-refractivity contribution in [2.45, 2.75) is 63.8 Å². The van der Waals surface area contributed by atoms with Gasteiger partial charge in [0.1, 0.15) is 23.1 Å². The summed E-state index contributed by atoms with van der Waals surface area (Å²) in [6.07, 6.45) is -1.84. The normalized spacial score (nSPS) is 12.3. The molecule has 1 aromatic heterocycles. The predicted octanol–water partition coefficient (Wildman–Crippen LogP) is 7.57. The second kappa shape index (κ2) is 15.7. The highest BCUT2D eigenvalue weighted by molar-refractivity contribution is 7.91. The first-order valence-corrected chi connectivity index (χ1v) is 17.7. The Bertz CT molecular complexity index is 1810. The number of thiazole rings is 1. The molecule has 0 aliphatic heterocycles. The molecule has 4 aromatic rings. The largest absolute Gasteiger partial charge is 0.486 e. The van der Waals surface area contributed by atoms with Gasteiger partial charge in [0.15, 0.2) is 9.84 Å². The van der Waals surface area contributed by atoms with Gasteiger partial charge in [-0.05, 0) is 79.9 Å². The maximum absolute atomic E-state index is 14.6. The zero-order chi connectivity index (χ0) is 34.2. The molecule has 1 unspecified atom stereocenters. The van der Waals surface area contributed by atoms with Crippen LogP contribution in [0.1, 0.15) is 60.7 Å². The third-order valence-electron chi connectivity index (χ3n) is 6.82. The van der Waals surface area contributed by atoms with Gasteiger partial charge in [0.05, 0.1) is 28.6 Å². The Labute approximate surface area is 283 Å².